The molecule has 1 aliphatic heterocycles. The third kappa shape index (κ3) is 3.76. The van der Waals surface area contributed by atoms with Gasteiger partial charge in [0.25, 0.3) is 17.7 Å². The Bertz CT molecular complexity index is 1120. The van der Waals surface area contributed by atoms with Crippen LogP contribution in [0.2, 0.25) is 0 Å². The number of amides is 3. The molecule has 1 unspecified atom stereocenters. The summed E-state index contributed by atoms with van der Waals surface area (Å²) < 4.78 is 5.54. The van der Waals surface area contributed by atoms with E-state index in [2.05, 4.69) is 5.32 Å². The molecule has 1 N–H and O–H groups in total. The molecule has 0 saturated heterocycles. The van der Waals surface area contributed by atoms with Crippen molar-refractivity contribution >= 4 is 17.7 Å². The number of nitrogens with one attached hydrogen (secondary N) is 1. The summed E-state index contributed by atoms with van der Waals surface area (Å²) in [7, 11) is 0. The minimum atomic E-state index is -0.365. The molecule has 3 aromatic rings. The first-order valence-electron chi connectivity index (χ1n) is 9.85. The summed E-state index contributed by atoms with van der Waals surface area (Å²) in [4.78, 5) is 39.4. The minimum absolute atomic E-state index is 0.266. The SMILES string of the molecule is Cc1ccc(C(C)NC(=O)c2ccc3c(c2)C(=O)N(CCc2ccccc2)C3=O)o1. The van der Waals surface area contributed by atoms with Gasteiger partial charge in [0.05, 0.1) is 17.2 Å². The van der Waals surface area contributed by atoms with E-state index in [0.29, 0.717) is 29.9 Å². The van der Waals surface area contributed by atoms with Crippen molar-refractivity contribution in [3.8, 4) is 0 Å². The van der Waals surface area contributed by atoms with Gasteiger partial charge in [0.1, 0.15) is 11.5 Å². The topological polar surface area (TPSA) is 79.6 Å². The number of hydrogen-bond acceptors (Lipinski definition) is 4. The Balaban J connectivity index is 1.47. The number of rotatable bonds is 6. The average Bonchev–Trinajstić information content (AvgIpc) is 3.29. The maximum Gasteiger partial charge on any atom is 0.261 e. The fourth-order valence-corrected chi connectivity index (χ4v) is 3.56. The summed E-state index contributed by atoms with van der Waals surface area (Å²) >= 11 is 0. The predicted octanol–water partition coefficient (Wildman–Crippen LogP) is 3.92. The average molecular weight is 402 g/mol. The number of carbonyl (C=O) groups excluding carboxylic acids is 3. The molecule has 0 fully saturated rings. The zero-order valence-electron chi connectivity index (χ0n) is 16.8. The van der Waals surface area contributed by atoms with E-state index in [1.54, 1.807) is 12.1 Å². The van der Waals surface area contributed by atoms with E-state index < -0.39 is 0 Å². The summed E-state index contributed by atoms with van der Waals surface area (Å²) in [5.41, 5.74) is 1.98. The van der Waals surface area contributed by atoms with Gasteiger partial charge in [-0.3, -0.25) is 19.3 Å². The van der Waals surface area contributed by atoms with Crippen molar-refractivity contribution in [2.45, 2.75) is 26.3 Å². The largest absolute Gasteiger partial charge is 0.464 e. The summed E-state index contributed by atoms with van der Waals surface area (Å²) in [6.45, 7) is 3.96. The van der Waals surface area contributed by atoms with Crippen molar-refractivity contribution in [2.75, 3.05) is 6.54 Å². The van der Waals surface area contributed by atoms with Gasteiger partial charge >= 0.3 is 0 Å². The molecule has 152 valence electrons. The minimum Gasteiger partial charge on any atom is -0.464 e. The van der Waals surface area contributed by atoms with Crippen molar-refractivity contribution in [1.82, 2.24) is 10.2 Å². The first-order valence-corrected chi connectivity index (χ1v) is 9.85. The van der Waals surface area contributed by atoms with Crippen LogP contribution in [0, 0.1) is 6.92 Å². The monoisotopic (exact) mass is 402 g/mol. The maximum atomic E-state index is 12.8. The van der Waals surface area contributed by atoms with Crippen LogP contribution in [0.1, 0.15) is 61.1 Å². The van der Waals surface area contributed by atoms with Crippen molar-refractivity contribution in [2.24, 2.45) is 0 Å². The second kappa shape index (κ2) is 7.99. The summed E-state index contributed by atoms with van der Waals surface area (Å²) in [5, 5.41) is 2.86. The highest BCUT2D eigenvalue weighted by Crippen LogP contribution is 2.25. The van der Waals surface area contributed by atoms with Crippen LogP contribution in [0.3, 0.4) is 0 Å². The lowest BCUT2D eigenvalue weighted by Gasteiger charge is -2.13. The first kappa shape index (κ1) is 19.6. The van der Waals surface area contributed by atoms with Crippen LogP contribution in [0.4, 0.5) is 0 Å². The molecule has 30 heavy (non-hydrogen) atoms. The standard InChI is InChI=1S/C24H22N2O4/c1-15-8-11-21(30-15)16(2)25-22(27)18-9-10-19-20(14-18)24(29)26(23(19)28)13-12-17-6-4-3-5-7-17/h3-11,14,16H,12-13H2,1-2H3,(H,25,27). The number of hydrogen-bond donors (Lipinski definition) is 1. The smallest absolute Gasteiger partial charge is 0.261 e. The van der Waals surface area contributed by atoms with Crippen LogP contribution in [-0.2, 0) is 6.42 Å². The molecule has 1 aromatic heterocycles. The van der Waals surface area contributed by atoms with Gasteiger partial charge in [0.2, 0.25) is 0 Å². The molecule has 1 aliphatic rings. The predicted molar refractivity (Wildman–Crippen MR) is 111 cm³/mol. The Kier molecular flexibility index (Phi) is 5.23. The fraction of sp³-hybridized carbons (Fsp3) is 0.208. The number of benzene rings is 2. The van der Waals surface area contributed by atoms with Gasteiger partial charge < -0.3 is 9.73 Å². The highest BCUT2D eigenvalue weighted by molar-refractivity contribution is 6.22. The van der Waals surface area contributed by atoms with E-state index >= 15 is 0 Å². The van der Waals surface area contributed by atoms with Gasteiger partial charge in [-0.25, -0.2) is 0 Å². The molecule has 6 nitrogen and oxygen atoms in total. The molecule has 4 rings (SSSR count). The van der Waals surface area contributed by atoms with Gasteiger partial charge in [-0.15, -0.1) is 0 Å². The Morgan fingerprint density at radius 3 is 2.43 bits per heavy atom. The van der Waals surface area contributed by atoms with Crippen LogP contribution >= 0.6 is 0 Å². The number of furan rings is 1. The highest BCUT2D eigenvalue weighted by atomic mass is 16.3. The van der Waals surface area contributed by atoms with E-state index in [1.807, 2.05) is 56.3 Å². The van der Waals surface area contributed by atoms with E-state index in [0.717, 1.165) is 11.3 Å². The van der Waals surface area contributed by atoms with Crippen LogP contribution < -0.4 is 5.32 Å². The zero-order valence-corrected chi connectivity index (χ0v) is 16.8. The van der Waals surface area contributed by atoms with E-state index in [1.165, 1.54) is 11.0 Å². The Labute approximate surface area is 174 Å². The summed E-state index contributed by atoms with van der Waals surface area (Å²) in [5.74, 6) is 0.402. The lowest BCUT2D eigenvalue weighted by atomic mass is 10.0. The van der Waals surface area contributed by atoms with Gasteiger partial charge in [-0.05, 0) is 56.2 Å². The zero-order chi connectivity index (χ0) is 21.3. The molecule has 0 aliphatic carbocycles. The molecule has 2 heterocycles. The van der Waals surface area contributed by atoms with E-state index in [-0.39, 0.29) is 29.3 Å². The molecular weight excluding hydrogens is 380 g/mol. The van der Waals surface area contributed by atoms with Gasteiger partial charge in [-0.1, -0.05) is 30.3 Å². The van der Waals surface area contributed by atoms with Crippen LogP contribution in [-0.4, -0.2) is 29.2 Å². The van der Waals surface area contributed by atoms with Crippen LogP contribution in [0.5, 0.6) is 0 Å². The molecule has 1 atom stereocenters. The molecule has 0 radical (unpaired) electrons. The number of imide groups is 1. The maximum absolute atomic E-state index is 12.8. The second-order valence-electron chi connectivity index (χ2n) is 7.40. The van der Waals surface area contributed by atoms with Gasteiger partial charge in [0.15, 0.2) is 0 Å². The highest BCUT2D eigenvalue weighted by Gasteiger charge is 2.35. The molecule has 2 aromatic carbocycles. The Hall–Kier alpha value is -3.67. The Morgan fingerprint density at radius 2 is 1.73 bits per heavy atom. The fourth-order valence-electron chi connectivity index (χ4n) is 3.56. The summed E-state index contributed by atoms with van der Waals surface area (Å²) in [6, 6.07) is 17.6. The van der Waals surface area contributed by atoms with Gasteiger partial charge in [-0.2, -0.15) is 0 Å². The van der Waals surface area contributed by atoms with E-state index in [9.17, 15) is 14.4 Å². The number of aryl methyl sites for hydroxylation is 1. The van der Waals surface area contributed by atoms with Crippen molar-refractivity contribution in [3.63, 3.8) is 0 Å². The molecule has 3 amide bonds. The molecule has 0 saturated carbocycles. The number of fused-ring (bicyclic) bond motifs is 1. The number of nitrogens with zero attached hydrogens (tertiary/aromatic N) is 1. The van der Waals surface area contributed by atoms with Crippen molar-refractivity contribution in [1.29, 1.82) is 0 Å². The summed E-state index contributed by atoms with van der Waals surface area (Å²) in [6.07, 6.45) is 0.583. The van der Waals surface area contributed by atoms with E-state index in [4.69, 9.17) is 4.42 Å². The molecule has 6 heteroatoms. The third-order valence-corrected chi connectivity index (χ3v) is 5.24. The first-order chi connectivity index (χ1) is 14.4. The second-order valence-corrected chi connectivity index (χ2v) is 7.40. The lowest BCUT2D eigenvalue weighted by Crippen LogP contribution is -2.31. The lowest BCUT2D eigenvalue weighted by molar-refractivity contribution is 0.0656. The molecule has 0 spiro atoms. The molecular formula is C24H22N2O4. The molecule has 0 bridgehead atoms. The van der Waals surface area contributed by atoms with Crippen molar-refractivity contribution < 1.29 is 18.8 Å². The number of carbonyl (C=O) groups is 3. The van der Waals surface area contributed by atoms with Crippen LogP contribution in [0.25, 0.3) is 0 Å². The Morgan fingerprint density at radius 1 is 1.00 bits per heavy atom. The normalized spacial score (nSPS) is 14.0. The quantitative estimate of drug-likeness (QED) is 0.634. The van der Waals surface area contributed by atoms with Crippen molar-refractivity contribution in [3.05, 3.63) is 94.4 Å². The third-order valence-electron chi connectivity index (χ3n) is 5.24. The van der Waals surface area contributed by atoms with Gasteiger partial charge in [0, 0.05) is 12.1 Å². The van der Waals surface area contributed by atoms with Crippen LogP contribution in [0.15, 0.2) is 65.1 Å².